The summed E-state index contributed by atoms with van der Waals surface area (Å²) in [6, 6.07) is 1.18. The first-order valence-electron chi connectivity index (χ1n) is 7.85. The predicted octanol–water partition coefficient (Wildman–Crippen LogP) is 2.26. The molecule has 3 heteroatoms. The van der Waals surface area contributed by atoms with Crippen LogP contribution in [0.4, 0.5) is 0 Å². The number of hydrogen-bond donors (Lipinski definition) is 0. The van der Waals surface area contributed by atoms with Crippen LogP contribution >= 0.6 is 0 Å². The predicted molar refractivity (Wildman–Crippen MR) is 72.3 cm³/mol. The van der Waals surface area contributed by atoms with Gasteiger partial charge in [-0.05, 0) is 51.6 Å². The Bertz CT molecular complexity index is 314. The molecule has 2 atom stereocenters. The molecule has 1 saturated carbocycles. The molecule has 0 N–H and O–H groups in total. The lowest BCUT2D eigenvalue weighted by Crippen LogP contribution is -2.50. The Morgan fingerprint density at radius 2 is 1.72 bits per heavy atom. The first kappa shape index (κ1) is 12.5. The van der Waals surface area contributed by atoms with Crippen molar-refractivity contribution in [1.29, 1.82) is 0 Å². The number of likely N-dealkylation sites (tertiary alicyclic amines) is 2. The molecule has 2 saturated heterocycles. The van der Waals surface area contributed by atoms with Crippen LogP contribution < -0.4 is 0 Å². The van der Waals surface area contributed by atoms with Crippen LogP contribution in [0, 0.1) is 5.92 Å². The van der Waals surface area contributed by atoms with Gasteiger partial charge >= 0.3 is 0 Å². The maximum absolute atomic E-state index is 12.5. The maximum Gasteiger partial charge on any atom is 0.225 e. The highest BCUT2D eigenvalue weighted by molar-refractivity contribution is 5.80. The number of carbonyl (C=O) groups excluding carboxylic acids is 1. The van der Waals surface area contributed by atoms with E-state index in [4.69, 9.17) is 0 Å². The highest BCUT2D eigenvalue weighted by Gasteiger charge is 2.41. The van der Waals surface area contributed by atoms with E-state index in [0.717, 1.165) is 25.9 Å². The Labute approximate surface area is 111 Å². The van der Waals surface area contributed by atoms with E-state index in [1.807, 2.05) is 0 Å². The van der Waals surface area contributed by atoms with Gasteiger partial charge in [0.2, 0.25) is 5.91 Å². The second kappa shape index (κ2) is 5.20. The van der Waals surface area contributed by atoms with Gasteiger partial charge in [0.05, 0.1) is 0 Å². The zero-order valence-electron chi connectivity index (χ0n) is 11.6. The average Bonchev–Trinajstić information content (AvgIpc) is 2.94. The van der Waals surface area contributed by atoms with Gasteiger partial charge in [-0.15, -0.1) is 0 Å². The molecule has 102 valence electrons. The minimum atomic E-state index is 0.377. The van der Waals surface area contributed by atoms with Gasteiger partial charge in [-0.2, -0.15) is 0 Å². The molecular formula is C15H26N2O. The molecule has 2 aliphatic heterocycles. The number of amides is 1. The summed E-state index contributed by atoms with van der Waals surface area (Å²) < 4.78 is 0. The molecular weight excluding hydrogens is 224 g/mol. The monoisotopic (exact) mass is 250 g/mol. The Morgan fingerprint density at radius 3 is 2.39 bits per heavy atom. The first-order chi connectivity index (χ1) is 8.81. The highest BCUT2D eigenvalue weighted by atomic mass is 16.2. The number of likely N-dealkylation sites (N-methyl/N-ethyl adjacent to an activating group) is 1. The molecule has 1 aliphatic carbocycles. The lowest BCUT2D eigenvalue weighted by atomic mass is 9.84. The number of rotatable bonds is 3. The van der Waals surface area contributed by atoms with E-state index in [9.17, 15) is 4.79 Å². The van der Waals surface area contributed by atoms with E-state index >= 15 is 0 Å². The first-order valence-corrected chi connectivity index (χ1v) is 7.85. The fraction of sp³-hybridized carbons (Fsp3) is 0.933. The molecule has 18 heavy (non-hydrogen) atoms. The smallest absolute Gasteiger partial charge is 0.225 e. The summed E-state index contributed by atoms with van der Waals surface area (Å²) in [4.78, 5) is 17.3. The van der Waals surface area contributed by atoms with E-state index in [-0.39, 0.29) is 0 Å². The standard InChI is InChI=1S/C15H26N2O/c1-2-16-10-4-8-13(16)14-9-5-11-17(14)15(18)12-6-3-7-12/h12-14H,2-11H2,1H3/t13-,14-/m0/s1. The van der Waals surface area contributed by atoms with Gasteiger partial charge in [-0.3, -0.25) is 9.69 Å². The molecule has 3 aliphatic rings. The van der Waals surface area contributed by atoms with Crippen molar-refractivity contribution < 1.29 is 4.79 Å². The molecule has 0 unspecified atom stereocenters. The number of hydrogen-bond acceptors (Lipinski definition) is 2. The normalized spacial score (nSPS) is 33.9. The molecule has 0 aromatic rings. The van der Waals surface area contributed by atoms with Crippen molar-refractivity contribution in [2.24, 2.45) is 5.92 Å². The van der Waals surface area contributed by atoms with Crippen molar-refractivity contribution in [2.45, 2.75) is 64.0 Å². The third-order valence-corrected chi connectivity index (χ3v) is 5.30. The summed E-state index contributed by atoms with van der Waals surface area (Å²) in [6.07, 6.45) is 8.62. The topological polar surface area (TPSA) is 23.6 Å². The zero-order chi connectivity index (χ0) is 12.5. The van der Waals surface area contributed by atoms with Crippen molar-refractivity contribution in [3.63, 3.8) is 0 Å². The lowest BCUT2D eigenvalue weighted by Gasteiger charge is -2.38. The SMILES string of the molecule is CCN1CCC[C@H]1[C@@H]1CCCN1C(=O)C1CCC1. The summed E-state index contributed by atoms with van der Waals surface area (Å²) in [7, 11) is 0. The molecule has 0 spiro atoms. The van der Waals surface area contributed by atoms with Crippen molar-refractivity contribution in [2.75, 3.05) is 19.6 Å². The van der Waals surface area contributed by atoms with E-state index in [2.05, 4.69) is 16.7 Å². The lowest BCUT2D eigenvalue weighted by molar-refractivity contribution is -0.140. The summed E-state index contributed by atoms with van der Waals surface area (Å²) in [5.74, 6) is 0.855. The Kier molecular flexibility index (Phi) is 3.60. The van der Waals surface area contributed by atoms with Crippen LogP contribution in [0.1, 0.15) is 51.9 Å². The number of nitrogens with zero attached hydrogens (tertiary/aromatic N) is 2. The average molecular weight is 250 g/mol. The van der Waals surface area contributed by atoms with Gasteiger partial charge in [0, 0.05) is 24.5 Å². The molecule has 0 aromatic carbocycles. The minimum Gasteiger partial charge on any atom is -0.338 e. The summed E-state index contributed by atoms with van der Waals surface area (Å²) >= 11 is 0. The van der Waals surface area contributed by atoms with Gasteiger partial charge in [0.15, 0.2) is 0 Å². The van der Waals surface area contributed by atoms with Gasteiger partial charge in [-0.1, -0.05) is 13.3 Å². The van der Waals surface area contributed by atoms with Crippen LogP contribution in [-0.2, 0) is 4.79 Å². The van der Waals surface area contributed by atoms with Crippen LogP contribution in [0.2, 0.25) is 0 Å². The van der Waals surface area contributed by atoms with E-state index in [1.54, 1.807) is 0 Å². The van der Waals surface area contributed by atoms with Gasteiger partial charge < -0.3 is 4.90 Å². The second-order valence-corrected chi connectivity index (χ2v) is 6.21. The Hall–Kier alpha value is -0.570. The van der Waals surface area contributed by atoms with Crippen LogP contribution in [0.15, 0.2) is 0 Å². The largest absolute Gasteiger partial charge is 0.338 e. The van der Waals surface area contributed by atoms with Crippen LogP contribution in [0.5, 0.6) is 0 Å². The summed E-state index contributed by atoms with van der Waals surface area (Å²) in [5, 5.41) is 0. The molecule has 3 nitrogen and oxygen atoms in total. The highest BCUT2D eigenvalue weighted by Crippen LogP contribution is 2.34. The molecule has 3 rings (SSSR count). The van der Waals surface area contributed by atoms with Crippen molar-refractivity contribution in [1.82, 2.24) is 9.80 Å². The Balaban J connectivity index is 1.68. The van der Waals surface area contributed by atoms with Crippen molar-refractivity contribution >= 4 is 5.91 Å². The van der Waals surface area contributed by atoms with Crippen molar-refractivity contribution in [3.8, 4) is 0 Å². The van der Waals surface area contributed by atoms with Gasteiger partial charge in [-0.25, -0.2) is 0 Å². The third kappa shape index (κ3) is 2.07. The molecule has 3 fully saturated rings. The van der Waals surface area contributed by atoms with E-state index in [0.29, 0.717) is 23.9 Å². The molecule has 0 radical (unpaired) electrons. The van der Waals surface area contributed by atoms with E-state index < -0.39 is 0 Å². The maximum atomic E-state index is 12.5. The zero-order valence-corrected chi connectivity index (χ0v) is 11.6. The van der Waals surface area contributed by atoms with Crippen LogP contribution in [0.25, 0.3) is 0 Å². The Morgan fingerprint density at radius 1 is 1.00 bits per heavy atom. The fourth-order valence-electron chi connectivity index (χ4n) is 4.04. The molecule has 0 bridgehead atoms. The minimum absolute atomic E-state index is 0.377. The summed E-state index contributed by atoms with van der Waals surface area (Å²) in [5.41, 5.74) is 0. The quantitative estimate of drug-likeness (QED) is 0.767. The second-order valence-electron chi connectivity index (χ2n) is 6.21. The molecule has 0 aromatic heterocycles. The van der Waals surface area contributed by atoms with Crippen LogP contribution in [-0.4, -0.2) is 47.4 Å². The molecule has 2 heterocycles. The van der Waals surface area contributed by atoms with Gasteiger partial charge in [0.25, 0.3) is 0 Å². The van der Waals surface area contributed by atoms with Crippen molar-refractivity contribution in [3.05, 3.63) is 0 Å². The summed E-state index contributed by atoms with van der Waals surface area (Å²) in [6.45, 7) is 5.66. The van der Waals surface area contributed by atoms with Gasteiger partial charge in [0.1, 0.15) is 0 Å². The number of carbonyl (C=O) groups is 1. The van der Waals surface area contributed by atoms with Crippen LogP contribution in [0.3, 0.4) is 0 Å². The third-order valence-electron chi connectivity index (χ3n) is 5.30. The fourth-order valence-corrected chi connectivity index (χ4v) is 4.04. The van der Waals surface area contributed by atoms with E-state index in [1.165, 1.54) is 38.6 Å². The molecule has 1 amide bonds.